The number of rotatable bonds is 5. The molecule has 1 aromatic rings. The zero-order valence-corrected chi connectivity index (χ0v) is 14.4. The van der Waals surface area contributed by atoms with Crippen molar-refractivity contribution >= 4 is 21.7 Å². The first-order valence-corrected chi connectivity index (χ1v) is 8.06. The van der Waals surface area contributed by atoms with Gasteiger partial charge in [-0.1, -0.05) is 28.1 Å². The van der Waals surface area contributed by atoms with Crippen LogP contribution in [0.2, 0.25) is 0 Å². The summed E-state index contributed by atoms with van der Waals surface area (Å²) < 4.78 is 0.966. The number of hydrogen-bond donors (Lipinski definition) is 1. The van der Waals surface area contributed by atoms with E-state index in [2.05, 4.69) is 25.7 Å². The van der Waals surface area contributed by atoms with E-state index in [0.29, 0.717) is 6.54 Å². The molecular weight excluding hydrogens is 332 g/mol. The van der Waals surface area contributed by atoms with Gasteiger partial charge >= 0.3 is 0 Å². The number of hydrogen-bond acceptors (Lipinski definition) is 4. The fraction of sp³-hybridized carbons (Fsp3) is 0.562. The highest BCUT2D eigenvalue weighted by Crippen LogP contribution is 2.23. The minimum Gasteiger partial charge on any atom is -0.392 e. The van der Waals surface area contributed by atoms with Crippen molar-refractivity contribution in [2.45, 2.75) is 31.5 Å². The van der Waals surface area contributed by atoms with Crippen LogP contribution in [-0.4, -0.2) is 66.1 Å². The summed E-state index contributed by atoms with van der Waals surface area (Å²) in [7, 11) is 4.04. The quantitative estimate of drug-likeness (QED) is 0.821. The Hall–Kier alpha value is -0.750. The van der Waals surface area contributed by atoms with Gasteiger partial charge < -0.3 is 10.0 Å². The number of Topliss-reactive ketones (excluding diaryl/α,β-unsaturated/α-hetero) is 1. The number of aliphatic hydroxyl groups excluding tert-OH is 1. The molecule has 0 radical (unpaired) electrons. The molecule has 4 nitrogen and oxygen atoms in total. The van der Waals surface area contributed by atoms with E-state index in [0.717, 1.165) is 23.0 Å². The number of β-amino-alcohol motifs (C(OH)–C–C–N with tert-alkyl or cyclic N) is 1. The molecule has 1 heterocycles. The third kappa shape index (κ3) is 4.13. The van der Waals surface area contributed by atoms with Gasteiger partial charge in [-0.15, -0.1) is 0 Å². The van der Waals surface area contributed by atoms with Gasteiger partial charge in [0.05, 0.1) is 12.1 Å². The highest BCUT2D eigenvalue weighted by molar-refractivity contribution is 9.10. The molecule has 1 aliphatic heterocycles. The lowest BCUT2D eigenvalue weighted by atomic mass is 10.0. The maximum absolute atomic E-state index is 12.6. The standard InChI is InChI=1S/C16H23BrN2O2/c1-11(16(21)12-4-6-13(17)7-5-12)19-10-15(20)8-14(19)9-18(2)3/h4-7,11,14-15,20H,8-10H2,1-3H3. The summed E-state index contributed by atoms with van der Waals surface area (Å²) >= 11 is 3.38. The molecule has 0 aromatic heterocycles. The number of likely N-dealkylation sites (N-methyl/N-ethyl adjacent to an activating group) is 1. The van der Waals surface area contributed by atoms with E-state index in [1.165, 1.54) is 0 Å². The first-order chi connectivity index (χ1) is 9.88. The summed E-state index contributed by atoms with van der Waals surface area (Å²) in [4.78, 5) is 16.9. The number of ketones is 1. The van der Waals surface area contributed by atoms with E-state index >= 15 is 0 Å². The zero-order valence-electron chi connectivity index (χ0n) is 12.8. The van der Waals surface area contributed by atoms with Crippen LogP contribution in [0.25, 0.3) is 0 Å². The third-order valence-electron chi connectivity index (χ3n) is 4.02. The average molecular weight is 355 g/mol. The van der Waals surface area contributed by atoms with Crippen LogP contribution in [0.15, 0.2) is 28.7 Å². The van der Waals surface area contributed by atoms with E-state index in [9.17, 15) is 9.90 Å². The normalized spacial score (nSPS) is 24.5. The van der Waals surface area contributed by atoms with Gasteiger partial charge in [-0.25, -0.2) is 0 Å². The van der Waals surface area contributed by atoms with Crippen molar-refractivity contribution in [1.82, 2.24) is 9.80 Å². The second-order valence-electron chi connectivity index (χ2n) is 6.05. The summed E-state index contributed by atoms with van der Waals surface area (Å²) in [5, 5.41) is 9.94. The van der Waals surface area contributed by atoms with Crippen LogP contribution in [0.4, 0.5) is 0 Å². The summed E-state index contributed by atoms with van der Waals surface area (Å²) in [6, 6.07) is 7.47. The number of nitrogens with zero attached hydrogens (tertiary/aromatic N) is 2. The van der Waals surface area contributed by atoms with Crippen molar-refractivity contribution in [2.75, 3.05) is 27.2 Å². The predicted octanol–water partition coefficient (Wildman–Crippen LogP) is 2.02. The Bertz CT molecular complexity index is 490. The molecular formula is C16H23BrN2O2. The van der Waals surface area contributed by atoms with E-state index in [4.69, 9.17) is 0 Å². The Morgan fingerprint density at radius 1 is 1.43 bits per heavy atom. The van der Waals surface area contributed by atoms with Gasteiger partial charge in [-0.05, 0) is 39.6 Å². The fourth-order valence-electron chi connectivity index (χ4n) is 3.00. The minimum atomic E-state index is -0.338. The van der Waals surface area contributed by atoms with E-state index < -0.39 is 0 Å². The van der Waals surface area contributed by atoms with Gasteiger partial charge in [0.1, 0.15) is 0 Å². The fourth-order valence-corrected chi connectivity index (χ4v) is 3.26. The number of carbonyl (C=O) groups excluding carboxylic acids is 1. The molecule has 1 saturated heterocycles. The molecule has 0 saturated carbocycles. The van der Waals surface area contributed by atoms with E-state index in [1.54, 1.807) is 0 Å². The van der Waals surface area contributed by atoms with Gasteiger partial charge in [0, 0.05) is 29.2 Å². The molecule has 1 aromatic carbocycles. The average Bonchev–Trinajstić information content (AvgIpc) is 2.78. The Balaban J connectivity index is 2.11. The van der Waals surface area contributed by atoms with Crippen LogP contribution in [0.5, 0.6) is 0 Å². The Kier molecular flexibility index (Phi) is 5.54. The molecule has 3 unspecified atom stereocenters. The number of aliphatic hydroxyl groups is 1. The van der Waals surface area contributed by atoms with Crippen LogP contribution in [0.1, 0.15) is 23.7 Å². The molecule has 1 fully saturated rings. The minimum absolute atomic E-state index is 0.111. The number of halogens is 1. The summed E-state index contributed by atoms with van der Waals surface area (Å²) in [5.41, 5.74) is 0.718. The highest BCUT2D eigenvalue weighted by atomic mass is 79.9. The summed E-state index contributed by atoms with van der Waals surface area (Å²) in [6.07, 6.45) is 0.394. The molecule has 0 aliphatic carbocycles. The van der Waals surface area contributed by atoms with E-state index in [1.807, 2.05) is 45.3 Å². The zero-order chi connectivity index (χ0) is 15.6. The van der Waals surface area contributed by atoms with Crippen LogP contribution in [0.3, 0.4) is 0 Å². The molecule has 116 valence electrons. The van der Waals surface area contributed by atoms with Crippen LogP contribution in [-0.2, 0) is 0 Å². The molecule has 1 N–H and O–H groups in total. The molecule has 3 atom stereocenters. The van der Waals surface area contributed by atoms with Crippen molar-refractivity contribution in [3.05, 3.63) is 34.3 Å². The van der Waals surface area contributed by atoms with Gasteiger partial charge in [0.15, 0.2) is 5.78 Å². The number of carbonyl (C=O) groups is 1. The first-order valence-electron chi connectivity index (χ1n) is 7.26. The SMILES string of the molecule is CC(C(=O)c1ccc(Br)cc1)N1CC(O)CC1CN(C)C. The molecule has 5 heteroatoms. The maximum Gasteiger partial charge on any atom is 0.179 e. The lowest BCUT2D eigenvalue weighted by molar-refractivity contribution is 0.0783. The van der Waals surface area contributed by atoms with Crippen molar-refractivity contribution in [3.63, 3.8) is 0 Å². The second kappa shape index (κ2) is 7.01. The largest absolute Gasteiger partial charge is 0.392 e. The third-order valence-corrected chi connectivity index (χ3v) is 4.54. The molecule has 21 heavy (non-hydrogen) atoms. The first kappa shape index (κ1) is 16.6. The Morgan fingerprint density at radius 3 is 2.62 bits per heavy atom. The van der Waals surface area contributed by atoms with Crippen LogP contribution in [0, 0.1) is 0 Å². The number of benzene rings is 1. The molecule has 0 spiro atoms. The maximum atomic E-state index is 12.6. The van der Waals surface area contributed by atoms with Gasteiger partial charge in [-0.2, -0.15) is 0 Å². The lowest BCUT2D eigenvalue weighted by Crippen LogP contribution is -2.46. The van der Waals surface area contributed by atoms with Gasteiger partial charge in [-0.3, -0.25) is 9.69 Å². The van der Waals surface area contributed by atoms with Crippen molar-refractivity contribution in [2.24, 2.45) is 0 Å². The Labute approximate surface area is 134 Å². The number of likely N-dealkylation sites (tertiary alicyclic amines) is 1. The van der Waals surface area contributed by atoms with Gasteiger partial charge in [0.2, 0.25) is 0 Å². The Morgan fingerprint density at radius 2 is 2.05 bits per heavy atom. The van der Waals surface area contributed by atoms with Crippen molar-refractivity contribution in [3.8, 4) is 0 Å². The topological polar surface area (TPSA) is 43.8 Å². The lowest BCUT2D eigenvalue weighted by Gasteiger charge is -2.31. The summed E-state index contributed by atoms with van der Waals surface area (Å²) in [5.74, 6) is 0.111. The smallest absolute Gasteiger partial charge is 0.179 e. The molecule has 2 rings (SSSR count). The van der Waals surface area contributed by atoms with Crippen LogP contribution >= 0.6 is 15.9 Å². The van der Waals surface area contributed by atoms with Gasteiger partial charge in [0.25, 0.3) is 0 Å². The van der Waals surface area contributed by atoms with E-state index in [-0.39, 0.29) is 24.0 Å². The second-order valence-corrected chi connectivity index (χ2v) is 6.97. The molecule has 0 bridgehead atoms. The predicted molar refractivity (Wildman–Crippen MR) is 87.6 cm³/mol. The van der Waals surface area contributed by atoms with Crippen molar-refractivity contribution in [1.29, 1.82) is 0 Å². The monoisotopic (exact) mass is 354 g/mol. The van der Waals surface area contributed by atoms with Crippen molar-refractivity contribution < 1.29 is 9.90 Å². The molecule has 0 amide bonds. The van der Waals surface area contributed by atoms with Crippen LogP contribution < -0.4 is 0 Å². The summed E-state index contributed by atoms with van der Waals surface area (Å²) in [6.45, 7) is 3.36. The highest BCUT2D eigenvalue weighted by Gasteiger charge is 2.36. The molecule has 1 aliphatic rings.